The van der Waals surface area contributed by atoms with Crippen molar-refractivity contribution in [2.45, 2.75) is 52.0 Å². The minimum atomic E-state index is 0.521. The molecule has 1 aliphatic heterocycles. The lowest BCUT2D eigenvalue weighted by atomic mass is 9.82. The van der Waals surface area contributed by atoms with Crippen molar-refractivity contribution in [3.05, 3.63) is 0 Å². The molecule has 0 spiro atoms. The first-order valence-electron chi connectivity index (χ1n) is 8.26. The van der Waals surface area contributed by atoms with Crippen LogP contribution in [0.5, 0.6) is 0 Å². The van der Waals surface area contributed by atoms with E-state index in [-0.39, 0.29) is 0 Å². The van der Waals surface area contributed by atoms with Crippen LogP contribution in [-0.4, -0.2) is 40.6 Å². The molecular weight excluding hydrogens is 264 g/mol. The molecule has 2 aliphatic rings. The van der Waals surface area contributed by atoms with E-state index in [2.05, 4.69) is 44.3 Å². The van der Waals surface area contributed by atoms with Crippen LogP contribution in [0.2, 0.25) is 0 Å². The molecule has 2 fully saturated rings. The van der Waals surface area contributed by atoms with Crippen LogP contribution in [0, 0.1) is 5.92 Å². The molecule has 2 heterocycles. The maximum atomic E-state index is 4.62. The summed E-state index contributed by atoms with van der Waals surface area (Å²) < 4.78 is 0. The summed E-state index contributed by atoms with van der Waals surface area (Å²) in [7, 11) is 0. The van der Waals surface area contributed by atoms with Gasteiger partial charge < -0.3 is 15.5 Å². The second-order valence-electron chi connectivity index (χ2n) is 6.32. The van der Waals surface area contributed by atoms with E-state index in [0.29, 0.717) is 12.0 Å². The summed E-state index contributed by atoms with van der Waals surface area (Å²) in [6, 6.07) is 0.521. The molecular formula is C15H26N6. The second-order valence-corrected chi connectivity index (χ2v) is 6.32. The molecule has 1 aromatic heterocycles. The van der Waals surface area contributed by atoms with Crippen LogP contribution in [0.25, 0.3) is 0 Å². The quantitative estimate of drug-likeness (QED) is 0.839. The molecule has 0 atom stereocenters. The molecule has 1 aliphatic carbocycles. The highest BCUT2D eigenvalue weighted by Crippen LogP contribution is 2.29. The number of nitrogens with one attached hydrogen (secondary N) is 2. The molecule has 6 nitrogen and oxygen atoms in total. The molecule has 0 unspecified atom stereocenters. The molecule has 0 amide bonds. The van der Waals surface area contributed by atoms with Gasteiger partial charge in [-0.3, -0.25) is 0 Å². The van der Waals surface area contributed by atoms with Crippen molar-refractivity contribution in [2.24, 2.45) is 5.92 Å². The van der Waals surface area contributed by atoms with Gasteiger partial charge in [0.25, 0.3) is 0 Å². The van der Waals surface area contributed by atoms with Crippen LogP contribution in [-0.2, 0) is 0 Å². The molecule has 0 aromatic carbocycles. The normalized spacial score (nSPS) is 24.8. The van der Waals surface area contributed by atoms with Gasteiger partial charge in [0.05, 0.1) is 0 Å². The fourth-order valence-electron chi connectivity index (χ4n) is 3.01. The van der Waals surface area contributed by atoms with Crippen molar-refractivity contribution in [1.82, 2.24) is 15.0 Å². The Morgan fingerprint density at radius 1 is 1.10 bits per heavy atom. The molecule has 21 heavy (non-hydrogen) atoms. The van der Waals surface area contributed by atoms with Crippen molar-refractivity contribution >= 4 is 17.8 Å². The summed E-state index contributed by atoms with van der Waals surface area (Å²) in [6.45, 7) is 7.43. The molecule has 0 bridgehead atoms. The van der Waals surface area contributed by atoms with E-state index in [1.165, 1.54) is 25.7 Å². The van der Waals surface area contributed by atoms with Gasteiger partial charge in [0.1, 0.15) is 0 Å². The summed E-state index contributed by atoms with van der Waals surface area (Å²) in [5.74, 6) is 3.06. The molecule has 0 radical (unpaired) electrons. The van der Waals surface area contributed by atoms with E-state index in [1.807, 2.05) is 0 Å². The number of aromatic nitrogens is 3. The van der Waals surface area contributed by atoms with Crippen LogP contribution in [0.15, 0.2) is 0 Å². The standard InChI is InChI=1S/C15H26N6/c1-3-6-16-13-18-14(17-12-9-11(2)10-12)20-15(19-13)21-7-4-5-8-21/h11-12H,3-10H2,1-2H3,(H2,16,17,18,19,20). The lowest BCUT2D eigenvalue weighted by molar-refractivity contribution is 0.308. The van der Waals surface area contributed by atoms with E-state index in [4.69, 9.17) is 0 Å². The van der Waals surface area contributed by atoms with Crippen molar-refractivity contribution in [3.8, 4) is 0 Å². The average molecular weight is 290 g/mol. The summed E-state index contributed by atoms with van der Waals surface area (Å²) in [5, 5.41) is 6.75. The number of anilines is 3. The zero-order chi connectivity index (χ0) is 14.7. The monoisotopic (exact) mass is 290 g/mol. The number of nitrogens with zero attached hydrogens (tertiary/aromatic N) is 4. The summed E-state index contributed by atoms with van der Waals surface area (Å²) >= 11 is 0. The number of hydrogen-bond acceptors (Lipinski definition) is 6. The number of rotatable bonds is 6. The van der Waals surface area contributed by atoms with Crippen molar-refractivity contribution in [1.29, 1.82) is 0 Å². The van der Waals surface area contributed by atoms with Crippen molar-refractivity contribution in [3.63, 3.8) is 0 Å². The first-order valence-corrected chi connectivity index (χ1v) is 8.26. The maximum absolute atomic E-state index is 4.62. The van der Waals surface area contributed by atoms with Gasteiger partial charge in [-0.05, 0) is 38.0 Å². The first-order chi connectivity index (χ1) is 10.2. The maximum Gasteiger partial charge on any atom is 0.231 e. The Morgan fingerprint density at radius 2 is 1.81 bits per heavy atom. The SMILES string of the molecule is CCCNc1nc(NC2CC(C)C2)nc(N2CCCC2)n1. The number of hydrogen-bond donors (Lipinski definition) is 2. The Hall–Kier alpha value is -1.59. The van der Waals surface area contributed by atoms with E-state index < -0.39 is 0 Å². The zero-order valence-corrected chi connectivity index (χ0v) is 13.1. The Morgan fingerprint density at radius 3 is 2.48 bits per heavy atom. The highest BCUT2D eigenvalue weighted by Gasteiger charge is 2.26. The van der Waals surface area contributed by atoms with Gasteiger partial charge in [-0.15, -0.1) is 0 Å². The molecule has 2 N–H and O–H groups in total. The predicted molar refractivity (Wildman–Crippen MR) is 85.9 cm³/mol. The minimum absolute atomic E-state index is 0.521. The lowest BCUT2D eigenvalue weighted by Crippen LogP contribution is -2.35. The summed E-state index contributed by atoms with van der Waals surface area (Å²) in [4.78, 5) is 16.0. The Labute approximate surface area is 126 Å². The molecule has 1 saturated heterocycles. The third kappa shape index (κ3) is 3.54. The predicted octanol–water partition coefficient (Wildman–Crippen LogP) is 2.50. The fourth-order valence-corrected chi connectivity index (χ4v) is 3.01. The van der Waals surface area contributed by atoms with E-state index in [1.54, 1.807) is 0 Å². The van der Waals surface area contributed by atoms with Crippen LogP contribution in [0.1, 0.15) is 46.0 Å². The highest BCUT2D eigenvalue weighted by atomic mass is 15.3. The van der Waals surface area contributed by atoms with E-state index >= 15 is 0 Å². The van der Waals surface area contributed by atoms with Crippen LogP contribution < -0.4 is 15.5 Å². The zero-order valence-electron chi connectivity index (χ0n) is 13.1. The van der Waals surface area contributed by atoms with Gasteiger partial charge in [-0.25, -0.2) is 0 Å². The Bertz CT molecular complexity index is 465. The average Bonchev–Trinajstić information content (AvgIpc) is 2.97. The smallest absolute Gasteiger partial charge is 0.231 e. The van der Waals surface area contributed by atoms with Crippen LogP contribution >= 0.6 is 0 Å². The van der Waals surface area contributed by atoms with Crippen molar-refractivity contribution < 1.29 is 0 Å². The third-order valence-corrected chi connectivity index (χ3v) is 4.25. The van der Waals surface area contributed by atoms with Gasteiger partial charge in [0, 0.05) is 25.7 Å². The molecule has 116 valence electrons. The van der Waals surface area contributed by atoms with Gasteiger partial charge in [0.15, 0.2) is 0 Å². The van der Waals surface area contributed by atoms with E-state index in [9.17, 15) is 0 Å². The largest absolute Gasteiger partial charge is 0.354 e. The molecule has 3 rings (SSSR count). The fraction of sp³-hybridized carbons (Fsp3) is 0.800. The Kier molecular flexibility index (Phi) is 4.41. The highest BCUT2D eigenvalue weighted by molar-refractivity contribution is 5.45. The summed E-state index contributed by atoms with van der Waals surface area (Å²) in [6.07, 6.45) is 5.94. The topological polar surface area (TPSA) is 66.0 Å². The van der Waals surface area contributed by atoms with Gasteiger partial charge in [0.2, 0.25) is 17.8 Å². The molecule has 1 saturated carbocycles. The lowest BCUT2D eigenvalue weighted by Gasteiger charge is -2.33. The molecule has 6 heteroatoms. The van der Waals surface area contributed by atoms with Crippen LogP contribution in [0.3, 0.4) is 0 Å². The van der Waals surface area contributed by atoms with Gasteiger partial charge in [-0.1, -0.05) is 13.8 Å². The van der Waals surface area contributed by atoms with Crippen LogP contribution in [0.4, 0.5) is 17.8 Å². The van der Waals surface area contributed by atoms with Crippen molar-refractivity contribution in [2.75, 3.05) is 35.2 Å². The minimum Gasteiger partial charge on any atom is -0.354 e. The Balaban J connectivity index is 1.74. The summed E-state index contributed by atoms with van der Waals surface area (Å²) in [5.41, 5.74) is 0. The van der Waals surface area contributed by atoms with E-state index in [0.717, 1.165) is 43.9 Å². The second kappa shape index (κ2) is 6.45. The third-order valence-electron chi connectivity index (χ3n) is 4.25. The molecule has 1 aromatic rings. The first kappa shape index (κ1) is 14.4. The van der Waals surface area contributed by atoms with Gasteiger partial charge >= 0.3 is 0 Å². The van der Waals surface area contributed by atoms with Gasteiger partial charge in [-0.2, -0.15) is 15.0 Å².